The standard InChI is InChI=1S/C13H16F3NO3S/c1-10-3-5-11(6-4-10)21(18,19)12(13(14,15)16)9-17-7-2-8-20-12/h3-6,17H,2,7-9H2,1H3/t12-/m1/s1. The fraction of sp³-hybridized carbons (Fsp3) is 0.538. The molecule has 0 bridgehead atoms. The van der Waals surface area contributed by atoms with Gasteiger partial charge in [-0.05, 0) is 32.0 Å². The van der Waals surface area contributed by atoms with E-state index in [0.717, 1.165) is 5.56 Å². The van der Waals surface area contributed by atoms with Crippen LogP contribution in [0.1, 0.15) is 12.0 Å². The minimum atomic E-state index is -5.03. The van der Waals surface area contributed by atoms with Gasteiger partial charge in [0.15, 0.2) is 0 Å². The predicted octanol–water partition coefficient (Wildman–Crippen LogP) is 2.04. The Morgan fingerprint density at radius 2 is 1.86 bits per heavy atom. The number of nitrogens with one attached hydrogen (secondary N) is 1. The molecule has 8 heteroatoms. The maximum atomic E-state index is 13.5. The van der Waals surface area contributed by atoms with Gasteiger partial charge in [-0.2, -0.15) is 13.2 Å². The molecule has 1 aromatic carbocycles. The second kappa shape index (κ2) is 5.58. The van der Waals surface area contributed by atoms with Crippen molar-refractivity contribution in [1.82, 2.24) is 5.32 Å². The number of ether oxygens (including phenoxy) is 1. The SMILES string of the molecule is Cc1ccc(S(=O)(=O)[C@@]2(C(F)(F)F)CNCCCO2)cc1. The minimum Gasteiger partial charge on any atom is -0.350 e. The fourth-order valence-electron chi connectivity index (χ4n) is 2.15. The first-order valence-corrected chi connectivity index (χ1v) is 7.92. The monoisotopic (exact) mass is 323 g/mol. The van der Waals surface area contributed by atoms with Gasteiger partial charge in [0.1, 0.15) is 0 Å². The average molecular weight is 323 g/mol. The number of hydrogen-bond donors (Lipinski definition) is 1. The van der Waals surface area contributed by atoms with Gasteiger partial charge in [0.05, 0.1) is 11.5 Å². The van der Waals surface area contributed by atoms with Crippen LogP contribution in [0.25, 0.3) is 0 Å². The van der Waals surface area contributed by atoms with Crippen LogP contribution in [0, 0.1) is 6.92 Å². The highest BCUT2D eigenvalue weighted by Crippen LogP contribution is 2.42. The molecule has 0 saturated carbocycles. The Hall–Kier alpha value is -1.12. The van der Waals surface area contributed by atoms with Crippen LogP contribution in [0.5, 0.6) is 0 Å². The molecule has 0 aliphatic carbocycles. The van der Waals surface area contributed by atoms with Gasteiger partial charge in [-0.3, -0.25) is 0 Å². The van der Waals surface area contributed by atoms with Crippen LogP contribution >= 0.6 is 0 Å². The van der Waals surface area contributed by atoms with Crippen molar-refractivity contribution in [3.8, 4) is 0 Å². The van der Waals surface area contributed by atoms with Crippen LogP contribution in [-0.4, -0.2) is 39.2 Å². The van der Waals surface area contributed by atoms with E-state index in [4.69, 9.17) is 4.74 Å². The second-order valence-electron chi connectivity index (χ2n) is 4.95. The molecule has 1 saturated heterocycles. The Morgan fingerprint density at radius 1 is 1.24 bits per heavy atom. The zero-order valence-electron chi connectivity index (χ0n) is 11.4. The van der Waals surface area contributed by atoms with Gasteiger partial charge in [-0.1, -0.05) is 17.7 Å². The highest BCUT2D eigenvalue weighted by atomic mass is 32.2. The van der Waals surface area contributed by atoms with Crippen molar-refractivity contribution in [1.29, 1.82) is 0 Å². The van der Waals surface area contributed by atoms with E-state index in [2.05, 4.69) is 5.32 Å². The van der Waals surface area contributed by atoms with Crippen LogP contribution < -0.4 is 5.32 Å². The number of benzene rings is 1. The lowest BCUT2D eigenvalue weighted by Crippen LogP contribution is -2.58. The molecule has 118 valence electrons. The summed E-state index contributed by atoms with van der Waals surface area (Å²) >= 11 is 0. The zero-order valence-corrected chi connectivity index (χ0v) is 12.2. The van der Waals surface area contributed by atoms with Gasteiger partial charge in [0.25, 0.3) is 4.93 Å². The zero-order chi connectivity index (χ0) is 15.7. The van der Waals surface area contributed by atoms with Crippen LogP contribution in [0.2, 0.25) is 0 Å². The number of halogens is 3. The van der Waals surface area contributed by atoms with Crippen molar-refractivity contribution in [2.45, 2.75) is 29.3 Å². The summed E-state index contributed by atoms with van der Waals surface area (Å²) in [6.07, 6.45) is -4.71. The molecule has 1 aliphatic heterocycles. The third-order valence-corrected chi connectivity index (χ3v) is 5.64. The molecule has 0 unspecified atom stereocenters. The molecule has 1 atom stereocenters. The molecule has 2 rings (SSSR count). The van der Waals surface area contributed by atoms with E-state index in [1.54, 1.807) is 6.92 Å². The lowest BCUT2D eigenvalue weighted by atomic mass is 10.2. The van der Waals surface area contributed by atoms with Gasteiger partial charge in [-0.25, -0.2) is 8.42 Å². The third kappa shape index (κ3) is 2.79. The van der Waals surface area contributed by atoms with Crippen molar-refractivity contribution in [3.63, 3.8) is 0 Å². The largest absolute Gasteiger partial charge is 0.433 e. The van der Waals surface area contributed by atoms with Crippen LogP contribution in [0.15, 0.2) is 29.2 Å². The van der Waals surface area contributed by atoms with Crippen molar-refractivity contribution in [3.05, 3.63) is 29.8 Å². The van der Waals surface area contributed by atoms with Crippen molar-refractivity contribution in [2.24, 2.45) is 0 Å². The Kier molecular flexibility index (Phi) is 4.32. The van der Waals surface area contributed by atoms with Crippen LogP contribution in [0.3, 0.4) is 0 Å². The lowest BCUT2D eigenvalue weighted by Gasteiger charge is -2.33. The maximum absolute atomic E-state index is 13.5. The van der Waals surface area contributed by atoms with E-state index in [-0.39, 0.29) is 13.2 Å². The number of rotatable bonds is 2. The normalized spacial score (nSPS) is 24.6. The molecule has 4 nitrogen and oxygen atoms in total. The summed E-state index contributed by atoms with van der Waals surface area (Å²) in [5.74, 6) is 0. The third-order valence-electron chi connectivity index (χ3n) is 3.39. The summed E-state index contributed by atoms with van der Waals surface area (Å²) in [7, 11) is -4.73. The topological polar surface area (TPSA) is 55.4 Å². The fourth-order valence-corrected chi connectivity index (χ4v) is 3.86. The Bertz CT molecular complexity index is 588. The number of hydrogen-bond acceptors (Lipinski definition) is 4. The number of sulfone groups is 1. The number of alkyl halides is 3. The summed E-state index contributed by atoms with van der Waals surface area (Å²) in [4.78, 5) is -3.64. The first-order valence-electron chi connectivity index (χ1n) is 6.43. The Morgan fingerprint density at radius 3 is 2.43 bits per heavy atom. The van der Waals surface area contributed by atoms with Crippen LogP contribution in [0.4, 0.5) is 13.2 Å². The highest BCUT2D eigenvalue weighted by molar-refractivity contribution is 7.92. The molecule has 0 amide bonds. The van der Waals surface area contributed by atoms with Gasteiger partial charge in [0.2, 0.25) is 9.84 Å². The van der Waals surface area contributed by atoms with Gasteiger partial charge in [-0.15, -0.1) is 0 Å². The molecule has 21 heavy (non-hydrogen) atoms. The molecule has 0 radical (unpaired) electrons. The summed E-state index contributed by atoms with van der Waals surface area (Å²) in [5.41, 5.74) is 0.759. The molecule has 1 N–H and O–H groups in total. The predicted molar refractivity (Wildman–Crippen MR) is 70.6 cm³/mol. The van der Waals surface area contributed by atoms with Gasteiger partial charge >= 0.3 is 6.18 Å². The smallest absolute Gasteiger partial charge is 0.350 e. The van der Waals surface area contributed by atoms with E-state index >= 15 is 0 Å². The lowest BCUT2D eigenvalue weighted by molar-refractivity contribution is -0.236. The molecule has 0 spiro atoms. The molecule has 1 aromatic rings. The van der Waals surface area contributed by atoms with Crippen molar-refractivity contribution >= 4 is 9.84 Å². The molecular weight excluding hydrogens is 307 g/mol. The summed E-state index contributed by atoms with van der Waals surface area (Å²) < 4.78 is 70.4. The average Bonchev–Trinajstić information content (AvgIpc) is 2.65. The molecular formula is C13H16F3NO3S. The summed E-state index contributed by atoms with van der Waals surface area (Å²) in [6, 6.07) is 5.26. The molecule has 1 aliphatic rings. The van der Waals surface area contributed by atoms with E-state index in [0.29, 0.717) is 6.42 Å². The number of aryl methyl sites for hydroxylation is 1. The van der Waals surface area contributed by atoms with E-state index in [1.807, 2.05) is 0 Å². The van der Waals surface area contributed by atoms with E-state index in [1.165, 1.54) is 24.3 Å². The Balaban J connectivity index is 2.57. The highest BCUT2D eigenvalue weighted by Gasteiger charge is 2.65. The first kappa shape index (κ1) is 16.3. The van der Waals surface area contributed by atoms with E-state index < -0.39 is 32.4 Å². The van der Waals surface area contributed by atoms with E-state index in [9.17, 15) is 21.6 Å². The van der Waals surface area contributed by atoms with Crippen molar-refractivity contribution < 1.29 is 26.3 Å². The Labute approximate surface area is 121 Å². The quantitative estimate of drug-likeness (QED) is 0.905. The van der Waals surface area contributed by atoms with Gasteiger partial charge in [0, 0.05) is 6.54 Å². The molecule has 0 aromatic heterocycles. The molecule has 1 heterocycles. The maximum Gasteiger partial charge on any atom is 0.433 e. The van der Waals surface area contributed by atoms with Gasteiger partial charge < -0.3 is 10.1 Å². The van der Waals surface area contributed by atoms with Crippen molar-refractivity contribution in [2.75, 3.05) is 19.7 Å². The summed E-state index contributed by atoms with van der Waals surface area (Å²) in [5, 5.41) is 2.51. The molecule has 1 fully saturated rings. The minimum absolute atomic E-state index is 0.266. The van der Waals surface area contributed by atoms with Crippen LogP contribution in [-0.2, 0) is 14.6 Å². The second-order valence-corrected chi connectivity index (χ2v) is 7.08. The first-order chi connectivity index (χ1) is 9.71. The summed E-state index contributed by atoms with van der Waals surface area (Å²) in [6.45, 7) is 0.922.